The van der Waals surface area contributed by atoms with Gasteiger partial charge in [0.25, 0.3) is 0 Å². The molecule has 356 valence electrons. The van der Waals surface area contributed by atoms with E-state index >= 15 is 0 Å². The fourth-order valence-electron chi connectivity index (χ4n) is 12.4. The smallest absolute Gasteiger partial charge is 0.143 e. The summed E-state index contributed by atoms with van der Waals surface area (Å²) in [4.78, 5) is 0. The molecule has 0 fully saturated rings. The SMILES string of the molecule is C=Cc1oc2c(-c3c4ccccc4c(-c4ccccc4)c4ccccc34)cc3cc(-c4c5ccccc5c(-c5cc(-c6ccccc6)cc(-c6ccccc6)c5)c5ccccc45)c4oc(C=C)c(C=C)c4c3c2c1C=C. The first kappa shape index (κ1) is 44.7. The van der Waals surface area contributed by atoms with Crippen molar-refractivity contribution in [3.63, 3.8) is 0 Å². The Kier molecular flexibility index (Phi) is 10.5. The minimum absolute atomic E-state index is 0.647. The Hall–Kier alpha value is -10.0. The Morgan fingerprint density at radius 2 is 0.566 bits per heavy atom. The third-order valence-electron chi connectivity index (χ3n) is 15.5. The van der Waals surface area contributed by atoms with Crippen LogP contribution in [0.2, 0.25) is 0 Å². The average molecular weight is 969 g/mol. The van der Waals surface area contributed by atoms with Gasteiger partial charge in [0.15, 0.2) is 0 Å². The largest absolute Gasteiger partial charge is 0.455 e. The van der Waals surface area contributed by atoms with E-state index in [9.17, 15) is 0 Å². The molecule has 12 aromatic carbocycles. The van der Waals surface area contributed by atoms with Gasteiger partial charge >= 0.3 is 0 Å². The van der Waals surface area contributed by atoms with E-state index in [-0.39, 0.29) is 0 Å². The Morgan fingerprint density at radius 1 is 0.263 bits per heavy atom. The summed E-state index contributed by atoms with van der Waals surface area (Å²) in [6.07, 6.45) is 7.40. The summed E-state index contributed by atoms with van der Waals surface area (Å²) in [6, 6.07) is 79.1. The lowest BCUT2D eigenvalue weighted by Crippen LogP contribution is -1.94. The van der Waals surface area contributed by atoms with E-state index in [2.05, 4.69) is 245 Å². The molecule has 0 radical (unpaired) electrons. The van der Waals surface area contributed by atoms with Gasteiger partial charge in [0.2, 0.25) is 0 Å². The van der Waals surface area contributed by atoms with Crippen LogP contribution < -0.4 is 0 Å². The van der Waals surface area contributed by atoms with E-state index in [0.29, 0.717) is 11.5 Å². The number of benzene rings is 12. The van der Waals surface area contributed by atoms with Gasteiger partial charge in [-0.1, -0.05) is 227 Å². The minimum Gasteiger partial charge on any atom is -0.455 e. The van der Waals surface area contributed by atoms with Crippen LogP contribution in [0.25, 0.3) is 167 Å². The first-order chi connectivity index (χ1) is 37.6. The number of rotatable bonds is 10. The van der Waals surface area contributed by atoms with Crippen molar-refractivity contribution in [3.8, 4) is 66.8 Å². The van der Waals surface area contributed by atoms with Crippen LogP contribution in [0.5, 0.6) is 0 Å². The lowest BCUT2D eigenvalue weighted by Gasteiger charge is -2.20. The molecule has 2 aromatic heterocycles. The topological polar surface area (TPSA) is 26.3 Å². The van der Waals surface area contributed by atoms with Gasteiger partial charge in [-0.25, -0.2) is 0 Å². The molecular formula is C74H48O2. The van der Waals surface area contributed by atoms with Gasteiger partial charge in [-0.05, 0) is 135 Å². The lowest BCUT2D eigenvalue weighted by atomic mass is 9.82. The summed E-state index contributed by atoms with van der Waals surface area (Å²) >= 11 is 0. The van der Waals surface area contributed by atoms with Crippen molar-refractivity contribution in [1.82, 2.24) is 0 Å². The van der Waals surface area contributed by atoms with Crippen LogP contribution in [-0.4, -0.2) is 0 Å². The first-order valence-electron chi connectivity index (χ1n) is 25.8. The molecule has 14 aromatic rings. The van der Waals surface area contributed by atoms with E-state index in [1.807, 2.05) is 12.2 Å². The fraction of sp³-hybridized carbons (Fsp3) is 0. The highest BCUT2D eigenvalue weighted by Gasteiger charge is 2.29. The maximum atomic E-state index is 7.15. The van der Waals surface area contributed by atoms with Crippen LogP contribution in [0.4, 0.5) is 0 Å². The molecule has 14 rings (SSSR count). The standard InChI is InChI=1S/C74H48O2/c1-5-52-64(7-3)75-73-62(69-58-36-22-18-32-54(58)66(47-30-16-11-17-31-47)55-33-19-23-37-59(55)69)43-51-44-63(74-72(68(51)71(52)73)53(6-2)65(8-4)76-74)70-60-38-24-20-34-56(60)67(57-35-21-25-39-61(57)70)50-41-48(45-26-12-9-13-27-45)40-49(42-50)46-28-14-10-15-29-46/h5-44H,1-4H2. The monoisotopic (exact) mass is 968 g/mol. The molecule has 0 spiro atoms. The maximum absolute atomic E-state index is 7.15. The molecule has 0 saturated heterocycles. The molecule has 2 nitrogen and oxygen atoms in total. The van der Waals surface area contributed by atoms with Crippen LogP contribution >= 0.6 is 0 Å². The van der Waals surface area contributed by atoms with Gasteiger partial charge in [-0.3, -0.25) is 0 Å². The van der Waals surface area contributed by atoms with E-state index in [1.54, 1.807) is 12.2 Å². The normalized spacial score (nSPS) is 11.6. The molecule has 0 amide bonds. The predicted molar refractivity (Wildman–Crippen MR) is 326 cm³/mol. The zero-order chi connectivity index (χ0) is 51.0. The predicted octanol–water partition coefficient (Wildman–Crippen LogP) is 21.5. The van der Waals surface area contributed by atoms with Crippen molar-refractivity contribution in [2.45, 2.75) is 0 Å². The summed E-state index contributed by atoms with van der Waals surface area (Å²) in [5, 5.41) is 12.9. The molecular weight excluding hydrogens is 921 g/mol. The van der Waals surface area contributed by atoms with Crippen molar-refractivity contribution >= 4 is 100 Å². The van der Waals surface area contributed by atoms with Crippen LogP contribution in [0, 0.1) is 0 Å². The third kappa shape index (κ3) is 6.74. The van der Waals surface area contributed by atoms with Gasteiger partial charge < -0.3 is 8.83 Å². The zero-order valence-corrected chi connectivity index (χ0v) is 41.7. The van der Waals surface area contributed by atoms with Crippen LogP contribution in [0.15, 0.2) is 254 Å². The van der Waals surface area contributed by atoms with E-state index in [1.165, 1.54) is 27.8 Å². The highest BCUT2D eigenvalue weighted by atomic mass is 16.3. The van der Waals surface area contributed by atoms with Gasteiger partial charge in [0.05, 0.1) is 0 Å². The summed E-state index contributed by atoms with van der Waals surface area (Å²) < 4.78 is 14.2. The second kappa shape index (κ2) is 17.9. The molecule has 0 unspecified atom stereocenters. The summed E-state index contributed by atoms with van der Waals surface area (Å²) in [5.41, 5.74) is 16.7. The molecule has 0 aliphatic carbocycles. The average Bonchev–Trinajstić information content (AvgIpc) is 4.07. The van der Waals surface area contributed by atoms with Gasteiger partial charge in [-0.15, -0.1) is 0 Å². The molecule has 0 aliphatic rings. The van der Waals surface area contributed by atoms with Gasteiger partial charge in [0.1, 0.15) is 22.7 Å². The minimum atomic E-state index is 0.647. The van der Waals surface area contributed by atoms with E-state index < -0.39 is 0 Å². The van der Waals surface area contributed by atoms with Crippen LogP contribution in [0.3, 0.4) is 0 Å². The molecule has 0 saturated carbocycles. The van der Waals surface area contributed by atoms with Gasteiger partial charge in [0, 0.05) is 49.5 Å². The van der Waals surface area contributed by atoms with Crippen LogP contribution in [-0.2, 0) is 0 Å². The summed E-state index contributed by atoms with van der Waals surface area (Å²) in [5.74, 6) is 1.30. The first-order valence-corrected chi connectivity index (χ1v) is 25.8. The molecule has 2 heterocycles. The maximum Gasteiger partial charge on any atom is 0.143 e. The van der Waals surface area contributed by atoms with Gasteiger partial charge in [-0.2, -0.15) is 0 Å². The van der Waals surface area contributed by atoms with E-state index in [4.69, 9.17) is 8.83 Å². The second-order valence-corrected chi connectivity index (χ2v) is 19.5. The third-order valence-corrected chi connectivity index (χ3v) is 15.5. The molecule has 0 aliphatic heterocycles. The number of fused-ring (bicyclic) bond motifs is 9. The number of furan rings is 2. The Labute approximate surface area is 440 Å². The molecule has 0 N–H and O–H groups in total. The lowest BCUT2D eigenvalue weighted by molar-refractivity contribution is 0.605. The Balaban J connectivity index is 1.14. The van der Waals surface area contributed by atoms with Crippen molar-refractivity contribution < 1.29 is 8.83 Å². The quantitative estimate of drug-likeness (QED) is 0.128. The molecule has 0 atom stereocenters. The van der Waals surface area contributed by atoms with Crippen molar-refractivity contribution in [2.75, 3.05) is 0 Å². The van der Waals surface area contributed by atoms with Crippen LogP contribution in [0.1, 0.15) is 22.6 Å². The van der Waals surface area contributed by atoms with Crippen molar-refractivity contribution in [3.05, 3.63) is 267 Å². The Bertz CT molecular complexity index is 4570. The van der Waals surface area contributed by atoms with Crippen molar-refractivity contribution in [2.24, 2.45) is 0 Å². The Morgan fingerprint density at radius 3 is 0.908 bits per heavy atom. The summed E-state index contributed by atoms with van der Waals surface area (Å²) in [6.45, 7) is 17.4. The molecule has 0 bridgehead atoms. The number of hydrogen-bond donors (Lipinski definition) is 0. The van der Waals surface area contributed by atoms with Crippen molar-refractivity contribution in [1.29, 1.82) is 0 Å². The highest BCUT2D eigenvalue weighted by molar-refractivity contribution is 6.33. The molecule has 2 heteroatoms. The fourth-order valence-corrected chi connectivity index (χ4v) is 12.4. The highest BCUT2D eigenvalue weighted by Crippen LogP contribution is 2.54. The van der Waals surface area contributed by atoms with E-state index in [0.717, 1.165) is 126 Å². The number of hydrogen-bond acceptors (Lipinski definition) is 2. The molecule has 76 heavy (non-hydrogen) atoms. The second-order valence-electron chi connectivity index (χ2n) is 19.5. The summed E-state index contributed by atoms with van der Waals surface area (Å²) in [7, 11) is 0. The zero-order valence-electron chi connectivity index (χ0n) is 41.7.